The Balaban J connectivity index is 1.66. The van der Waals surface area contributed by atoms with Crippen LogP contribution >= 0.6 is 0 Å². The first-order valence-electron chi connectivity index (χ1n) is 8.12. The molecule has 4 heteroatoms. The SMILES string of the molecule is Cc1nn(Cc2ccccc2)c(C)c1C=NNCc1ccccc1. The van der Waals surface area contributed by atoms with Crippen LogP contribution in [0.4, 0.5) is 0 Å². The number of aromatic nitrogens is 2. The van der Waals surface area contributed by atoms with Gasteiger partial charge in [0.05, 0.1) is 25.0 Å². The molecule has 0 unspecified atom stereocenters. The van der Waals surface area contributed by atoms with Crippen molar-refractivity contribution >= 4 is 6.21 Å². The fraction of sp³-hybridized carbons (Fsp3) is 0.200. The number of benzene rings is 2. The van der Waals surface area contributed by atoms with Crippen molar-refractivity contribution in [1.29, 1.82) is 0 Å². The molecule has 0 saturated heterocycles. The highest BCUT2D eigenvalue weighted by Gasteiger charge is 2.09. The number of rotatable bonds is 6. The lowest BCUT2D eigenvalue weighted by Gasteiger charge is -2.04. The second kappa shape index (κ2) is 7.59. The van der Waals surface area contributed by atoms with Crippen LogP contribution in [0, 0.1) is 13.8 Å². The van der Waals surface area contributed by atoms with Gasteiger partial charge in [-0.1, -0.05) is 60.7 Å². The molecule has 0 aliphatic carbocycles. The molecule has 0 spiro atoms. The van der Waals surface area contributed by atoms with Crippen LogP contribution in [0.3, 0.4) is 0 Å². The van der Waals surface area contributed by atoms with Crippen molar-refractivity contribution in [3.63, 3.8) is 0 Å². The van der Waals surface area contributed by atoms with Crippen LogP contribution in [0.1, 0.15) is 28.1 Å². The quantitative estimate of drug-likeness (QED) is 0.556. The summed E-state index contributed by atoms with van der Waals surface area (Å²) >= 11 is 0. The molecule has 3 rings (SSSR count). The zero-order valence-electron chi connectivity index (χ0n) is 14.1. The highest BCUT2D eigenvalue weighted by atomic mass is 15.3. The summed E-state index contributed by atoms with van der Waals surface area (Å²) in [5.74, 6) is 0. The van der Waals surface area contributed by atoms with Gasteiger partial charge in [-0.2, -0.15) is 10.2 Å². The van der Waals surface area contributed by atoms with Crippen LogP contribution in [-0.4, -0.2) is 16.0 Å². The lowest BCUT2D eigenvalue weighted by atomic mass is 10.2. The second-order valence-corrected chi connectivity index (χ2v) is 5.81. The molecule has 0 aliphatic heterocycles. The third-order valence-corrected chi connectivity index (χ3v) is 4.02. The summed E-state index contributed by atoms with van der Waals surface area (Å²) in [7, 11) is 0. The summed E-state index contributed by atoms with van der Waals surface area (Å²) in [5.41, 5.74) is 8.75. The molecule has 24 heavy (non-hydrogen) atoms. The lowest BCUT2D eigenvalue weighted by Crippen LogP contribution is -2.06. The minimum absolute atomic E-state index is 0.716. The van der Waals surface area contributed by atoms with E-state index in [1.165, 1.54) is 11.1 Å². The Labute approximate surface area is 142 Å². The van der Waals surface area contributed by atoms with Gasteiger partial charge in [0, 0.05) is 11.3 Å². The van der Waals surface area contributed by atoms with Crippen LogP contribution in [-0.2, 0) is 13.1 Å². The smallest absolute Gasteiger partial charge is 0.0685 e. The van der Waals surface area contributed by atoms with Gasteiger partial charge in [-0.25, -0.2) is 0 Å². The van der Waals surface area contributed by atoms with E-state index in [-0.39, 0.29) is 0 Å². The topological polar surface area (TPSA) is 42.2 Å². The molecule has 0 aliphatic rings. The molecule has 0 saturated carbocycles. The Morgan fingerprint density at radius 3 is 2.25 bits per heavy atom. The molecule has 0 amide bonds. The minimum Gasteiger partial charge on any atom is -0.306 e. The van der Waals surface area contributed by atoms with Crippen molar-refractivity contribution in [1.82, 2.24) is 15.2 Å². The highest BCUT2D eigenvalue weighted by Crippen LogP contribution is 2.12. The van der Waals surface area contributed by atoms with E-state index in [1.807, 2.05) is 42.1 Å². The molecule has 4 nitrogen and oxygen atoms in total. The maximum Gasteiger partial charge on any atom is 0.0685 e. The summed E-state index contributed by atoms with van der Waals surface area (Å²) in [6, 6.07) is 20.6. The largest absolute Gasteiger partial charge is 0.306 e. The zero-order chi connectivity index (χ0) is 16.8. The van der Waals surface area contributed by atoms with Crippen molar-refractivity contribution in [2.24, 2.45) is 5.10 Å². The van der Waals surface area contributed by atoms with E-state index in [1.54, 1.807) is 0 Å². The fourth-order valence-corrected chi connectivity index (χ4v) is 2.65. The first-order valence-corrected chi connectivity index (χ1v) is 8.12. The fourth-order valence-electron chi connectivity index (χ4n) is 2.65. The Morgan fingerprint density at radius 2 is 1.58 bits per heavy atom. The molecule has 0 radical (unpaired) electrons. The first-order chi connectivity index (χ1) is 11.7. The number of hydrazone groups is 1. The number of hydrogen-bond acceptors (Lipinski definition) is 3. The van der Waals surface area contributed by atoms with E-state index >= 15 is 0 Å². The molecule has 1 aromatic heterocycles. The molecule has 1 heterocycles. The molecule has 0 fully saturated rings. The molecule has 0 atom stereocenters. The van der Waals surface area contributed by atoms with E-state index in [9.17, 15) is 0 Å². The number of nitrogens with one attached hydrogen (secondary N) is 1. The van der Waals surface area contributed by atoms with Crippen molar-refractivity contribution in [3.8, 4) is 0 Å². The predicted molar refractivity (Wildman–Crippen MR) is 98.1 cm³/mol. The summed E-state index contributed by atoms with van der Waals surface area (Å²) in [6.45, 7) is 5.60. The Morgan fingerprint density at radius 1 is 0.958 bits per heavy atom. The van der Waals surface area contributed by atoms with Gasteiger partial charge in [0.15, 0.2) is 0 Å². The van der Waals surface area contributed by atoms with E-state index in [4.69, 9.17) is 0 Å². The molecule has 1 N–H and O–H groups in total. The van der Waals surface area contributed by atoms with Gasteiger partial charge in [0.1, 0.15) is 0 Å². The maximum absolute atomic E-state index is 4.64. The van der Waals surface area contributed by atoms with Crippen molar-refractivity contribution in [3.05, 3.63) is 88.7 Å². The van der Waals surface area contributed by atoms with Crippen molar-refractivity contribution in [2.75, 3.05) is 0 Å². The van der Waals surface area contributed by atoms with Crippen LogP contribution < -0.4 is 5.43 Å². The van der Waals surface area contributed by atoms with Gasteiger partial charge in [-0.05, 0) is 25.0 Å². The van der Waals surface area contributed by atoms with E-state index in [0.717, 1.165) is 23.5 Å². The number of aryl methyl sites for hydroxylation is 1. The van der Waals surface area contributed by atoms with Gasteiger partial charge in [0.2, 0.25) is 0 Å². The van der Waals surface area contributed by atoms with E-state index in [0.29, 0.717) is 6.54 Å². The molecular weight excluding hydrogens is 296 g/mol. The molecular formula is C20H22N4. The first kappa shape index (κ1) is 16.0. The second-order valence-electron chi connectivity index (χ2n) is 5.81. The third-order valence-electron chi connectivity index (χ3n) is 4.02. The lowest BCUT2D eigenvalue weighted by molar-refractivity contribution is 0.659. The summed E-state index contributed by atoms with van der Waals surface area (Å²) in [5, 5.41) is 8.99. The standard InChI is InChI=1S/C20H22N4/c1-16-20(14-22-21-13-18-9-5-3-6-10-18)17(2)24(23-16)15-19-11-7-4-8-12-19/h3-12,14,21H,13,15H2,1-2H3. The van der Waals surface area contributed by atoms with Gasteiger partial charge in [-0.15, -0.1) is 0 Å². The monoisotopic (exact) mass is 318 g/mol. The average Bonchev–Trinajstić information content (AvgIpc) is 2.87. The van der Waals surface area contributed by atoms with Crippen LogP contribution in [0.2, 0.25) is 0 Å². The van der Waals surface area contributed by atoms with Crippen LogP contribution in [0.15, 0.2) is 65.8 Å². The molecule has 0 bridgehead atoms. The Bertz CT molecular complexity index is 804. The Hall–Kier alpha value is -2.88. The molecule has 3 aromatic rings. The minimum atomic E-state index is 0.716. The van der Waals surface area contributed by atoms with Crippen molar-refractivity contribution in [2.45, 2.75) is 26.9 Å². The van der Waals surface area contributed by atoms with E-state index < -0.39 is 0 Å². The summed E-state index contributed by atoms with van der Waals surface area (Å²) < 4.78 is 2.03. The zero-order valence-corrected chi connectivity index (χ0v) is 14.1. The van der Waals surface area contributed by atoms with Gasteiger partial charge >= 0.3 is 0 Å². The highest BCUT2D eigenvalue weighted by molar-refractivity contribution is 5.82. The van der Waals surface area contributed by atoms with Gasteiger partial charge < -0.3 is 5.43 Å². The molecule has 2 aromatic carbocycles. The van der Waals surface area contributed by atoms with Crippen molar-refractivity contribution < 1.29 is 0 Å². The molecule has 122 valence electrons. The van der Waals surface area contributed by atoms with Crippen LogP contribution in [0.25, 0.3) is 0 Å². The third kappa shape index (κ3) is 3.90. The normalized spacial score (nSPS) is 11.1. The number of nitrogens with zero attached hydrogens (tertiary/aromatic N) is 3. The summed E-state index contributed by atoms with van der Waals surface area (Å²) in [4.78, 5) is 0. The van der Waals surface area contributed by atoms with Gasteiger partial charge in [0.25, 0.3) is 0 Å². The van der Waals surface area contributed by atoms with Crippen LogP contribution in [0.5, 0.6) is 0 Å². The summed E-state index contributed by atoms with van der Waals surface area (Å²) in [6.07, 6.45) is 1.86. The number of hydrogen-bond donors (Lipinski definition) is 1. The average molecular weight is 318 g/mol. The van der Waals surface area contributed by atoms with Gasteiger partial charge in [-0.3, -0.25) is 4.68 Å². The maximum atomic E-state index is 4.64. The van der Waals surface area contributed by atoms with E-state index in [2.05, 4.69) is 58.9 Å². The Kier molecular flexibility index (Phi) is 5.06. The predicted octanol–water partition coefficient (Wildman–Crippen LogP) is 3.67.